The SMILES string of the molecule is CCOC(=O)c1c(NC(=O)CN(C)C23CC4CC(CC(C4)C2)C3)sc(C)c1C. The Kier molecular flexibility index (Phi) is 5.29. The molecule has 0 atom stereocenters. The molecule has 0 unspecified atom stereocenters. The van der Waals surface area contributed by atoms with Gasteiger partial charge in [0.15, 0.2) is 0 Å². The van der Waals surface area contributed by atoms with Gasteiger partial charge in [-0.1, -0.05) is 0 Å². The number of ether oxygens (including phenoxy) is 1. The summed E-state index contributed by atoms with van der Waals surface area (Å²) in [6.45, 7) is 6.39. The number of carbonyl (C=O) groups is 2. The number of esters is 1. The van der Waals surface area contributed by atoms with Gasteiger partial charge in [0, 0.05) is 10.4 Å². The fraction of sp³-hybridized carbons (Fsp3) is 0.727. The topological polar surface area (TPSA) is 58.6 Å². The number of aryl methyl sites for hydroxylation is 1. The third-order valence-corrected chi connectivity index (χ3v) is 8.44. The van der Waals surface area contributed by atoms with E-state index < -0.39 is 0 Å². The number of hydrogen-bond acceptors (Lipinski definition) is 5. The predicted octanol–water partition coefficient (Wildman–Crippen LogP) is 4.38. The van der Waals surface area contributed by atoms with Crippen LogP contribution in [0.15, 0.2) is 0 Å². The maximum absolute atomic E-state index is 12.9. The van der Waals surface area contributed by atoms with Crippen LogP contribution in [0.3, 0.4) is 0 Å². The van der Waals surface area contributed by atoms with Gasteiger partial charge in [0.2, 0.25) is 5.91 Å². The summed E-state index contributed by atoms with van der Waals surface area (Å²) in [7, 11) is 2.11. The molecule has 1 amide bonds. The smallest absolute Gasteiger partial charge is 0.341 e. The number of carbonyl (C=O) groups excluding carboxylic acids is 2. The van der Waals surface area contributed by atoms with Gasteiger partial charge in [0.25, 0.3) is 0 Å². The molecule has 4 aliphatic rings. The predicted molar refractivity (Wildman–Crippen MR) is 112 cm³/mol. The molecular formula is C22H32N2O3S. The highest BCUT2D eigenvalue weighted by atomic mass is 32.1. The van der Waals surface area contributed by atoms with Crippen LogP contribution in [0.5, 0.6) is 0 Å². The van der Waals surface area contributed by atoms with E-state index in [1.54, 1.807) is 6.92 Å². The minimum absolute atomic E-state index is 0.0370. The number of nitrogens with one attached hydrogen (secondary N) is 1. The third kappa shape index (κ3) is 3.50. The molecule has 4 bridgehead atoms. The van der Waals surface area contributed by atoms with Crippen LogP contribution in [0.2, 0.25) is 0 Å². The number of rotatable bonds is 6. The molecule has 0 spiro atoms. The zero-order valence-corrected chi connectivity index (χ0v) is 18.3. The van der Waals surface area contributed by atoms with Gasteiger partial charge in [-0.3, -0.25) is 9.69 Å². The molecule has 1 heterocycles. The van der Waals surface area contributed by atoms with E-state index in [1.165, 1.54) is 49.9 Å². The molecule has 5 nitrogen and oxygen atoms in total. The van der Waals surface area contributed by atoms with Crippen molar-refractivity contribution < 1.29 is 14.3 Å². The molecule has 1 N–H and O–H groups in total. The molecular weight excluding hydrogens is 372 g/mol. The average molecular weight is 405 g/mol. The van der Waals surface area contributed by atoms with Crippen molar-refractivity contribution in [2.45, 2.75) is 64.8 Å². The molecule has 5 rings (SSSR count). The summed E-state index contributed by atoms with van der Waals surface area (Å²) < 4.78 is 5.20. The van der Waals surface area contributed by atoms with Crippen molar-refractivity contribution in [2.75, 3.05) is 25.5 Å². The van der Waals surface area contributed by atoms with Crippen LogP contribution >= 0.6 is 11.3 Å². The lowest BCUT2D eigenvalue weighted by Gasteiger charge is -2.59. The summed E-state index contributed by atoms with van der Waals surface area (Å²) in [6.07, 6.45) is 7.93. The van der Waals surface area contributed by atoms with E-state index in [9.17, 15) is 9.59 Å². The minimum atomic E-state index is -0.353. The van der Waals surface area contributed by atoms with Gasteiger partial charge >= 0.3 is 5.97 Å². The number of amides is 1. The van der Waals surface area contributed by atoms with Crippen LogP contribution < -0.4 is 5.32 Å². The quantitative estimate of drug-likeness (QED) is 0.715. The number of anilines is 1. The Morgan fingerprint density at radius 1 is 1.14 bits per heavy atom. The fourth-order valence-electron chi connectivity index (χ4n) is 6.25. The highest BCUT2D eigenvalue weighted by Gasteiger charge is 2.52. The summed E-state index contributed by atoms with van der Waals surface area (Å²) in [5.41, 5.74) is 1.61. The summed E-state index contributed by atoms with van der Waals surface area (Å²) in [5.74, 6) is 2.18. The summed E-state index contributed by atoms with van der Waals surface area (Å²) in [4.78, 5) is 28.6. The Bertz CT molecular complexity index is 750. The average Bonchev–Trinajstić information content (AvgIpc) is 2.87. The largest absolute Gasteiger partial charge is 0.462 e. The minimum Gasteiger partial charge on any atom is -0.462 e. The Labute approximate surface area is 171 Å². The Morgan fingerprint density at radius 3 is 2.25 bits per heavy atom. The molecule has 6 heteroatoms. The highest BCUT2D eigenvalue weighted by Crippen LogP contribution is 2.57. The van der Waals surface area contributed by atoms with Crippen molar-refractivity contribution >= 4 is 28.2 Å². The lowest BCUT2D eigenvalue weighted by molar-refractivity contribution is -0.123. The van der Waals surface area contributed by atoms with Gasteiger partial charge in [-0.25, -0.2) is 4.79 Å². The first-order valence-corrected chi connectivity index (χ1v) is 11.4. The number of hydrogen-bond donors (Lipinski definition) is 1. The second-order valence-electron chi connectivity index (χ2n) is 9.25. The van der Waals surface area contributed by atoms with Crippen LogP contribution in [-0.4, -0.2) is 42.5 Å². The van der Waals surface area contributed by atoms with Crippen molar-refractivity contribution in [3.05, 3.63) is 16.0 Å². The van der Waals surface area contributed by atoms with Crippen molar-refractivity contribution in [1.29, 1.82) is 0 Å². The van der Waals surface area contributed by atoms with E-state index >= 15 is 0 Å². The monoisotopic (exact) mass is 404 g/mol. The van der Waals surface area contributed by atoms with Crippen LogP contribution in [0.1, 0.15) is 66.2 Å². The Morgan fingerprint density at radius 2 is 1.71 bits per heavy atom. The molecule has 4 fully saturated rings. The van der Waals surface area contributed by atoms with Gasteiger partial charge in [-0.05, 0) is 89.7 Å². The maximum Gasteiger partial charge on any atom is 0.341 e. The van der Waals surface area contributed by atoms with Gasteiger partial charge in [0.05, 0.1) is 18.7 Å². The third-order valence-electron chi connectivity index (χ3n) is 7.31. The van der Waals surface area contributed by atoms with Crippen LogP contribution in [0.4, 0.5) is 5.00 Å². The second kappa shape index (κ2) is 7.45. The highest BCUT2D eigenvalue weighted by molar-refractivity contribution is 7.16. The van der Waals surface area contributed by atoms with Gasteiger partial charge < -0.3 is 10.1 Å². The zero-order valence-electron chi connectivity index (χ0n) is 17.5. The molecule has 1 aromatic heterocycles. The van der Waals surface area contributed by atoms with Crippen molar-refractivity contribution in [2.24, 2.45) is 17.8 Å². The molecule has 0 radical (unpaired) electrons. The molecule has 1 aromatic rings. The second-order valence-corrected chi connectivity index (χ2v) is 10.5. The zero-order chi connectivity index (χ0) is 20.1. The Hall–Kier alpha value is -1.40. The molecule has 0 aliphatic heterocycles. The first-order chi connectivity index (χ1) is 13.3. The number of likely N-dealkylation sites (N-methyl/N-ethyl adjacent to an activating group) is 1. The molecule has 0 saturated heterocycles. The van der Waals surface area contributed by atoms with Crippen LogP contribution in [-0.2, 0) is 9.53 Å². The van der Waals surface area contributed by atoms with Gasteiger partial charge in [-0.2, -0.15) is 0 Å². The van der Waals surface area contributed by atoms with E-state index in [2.05, 4.69) is 17.3 Å². The van der Waals surface area contributed by atoms with Crippen molar-refractivity contribution in [3.63, 3.8) is 0 Å². The summed E-state index contributed by atoms with van der Waals surface area (Å²) >= 11 is 1.46. The fourth-order valence-corrected chi connectivity index (χ4v) is 7.31. The van der Waals surface area contributed by atoms with E-state index in [4.69, 9.17) is 4.74 Å². The van der Waals surface area contributed by atoms with Gasteiger partial charge in [-0.15, -0.1) is 11.3 Å². The molecule has 0 aromatic carbocycles. The molecule has 28 heavy (non-hydrogen) atoms. The van der Waals surface area contributed by atoms with Crippen molar-refractivity contribution in [3.8, 4) is 0 Å². The summed E-state index contributed by atoms with van der Waals surface area (Å²) in [5, 5.41) is 3.63. The van der Waals surface area contributed by atoms with E-state index in [0.717, 1.165) is 28.2 Å². The molecule has 154 valence electrons. The normalized spacial score (nSPS) is 30.7. The lowest BCUT2D eigenvalue weighted by Crippen LogP contribution is -2.59. The van der Waals surface area contributed by atoms with Crippen molar-refractivity contribution in [1.82, 2.24) is 4.90 Å². The first-order valence-electron chi connectivity index (χ1n) is 10.6. The number of nitrogens with zero attached hydrogens (tertiary/aromatic N) is 1. The first kappa shape index (κ1) is 19.9. The lowest BCUT2D eigenvalue weighted by atomic mass is 9.52. The van der Waals surface area contributed by atoms with Crippen LogP contribution in [0.25, 0.3) is 0 Å². The maximum atomic E-state index is 12.9. The molecule has 4 aliphatic carbocycles. The Balaban J connectivity index is 1.45. The molecule has 4 saturated carbocycles. The standard InChI is InChI=1S/C22H32N2O3S/c1-5-27-21(26)19-13(2)14(3)28-20(19)23-18(25)12-24(4)22-9-15-6-16(10-22)8-17(7-15)11-22/h15-17H,5-12H2,1-4H3,(H,23,25). The van der Waals surface area contributed by atoms with Crippen LogP contribution in [0, 0.1) is 31.6 Å². The van der Waals surface area contributed by atoms with Gasteiger partial charge in [0.1, 0.15) is 5.00 Å². The van der Waals surface area contributed by atoms with E-state index in [-0.39, 0.29) is 17.4 Å². The van der Waals surface area contributed by atoms with E-state index in [0.29, 0.717) is 23.7 Å². The number of thiophene rings is 1. The van der Waals surface area contributed by atoms with E-state index in [1.807, 2.05) is 13.8 Å². The summed E-state index contributed by atoms with van der Waals surface area (Å²) in [6, 6.07) is 0.